The quantitative estimate of drug-likeness (QED) is 0.168. The molecule has 66 heavy (non-hydrogen) atoms. The Morgan fingerprint density at radius 2 is 1.65 bits per heavy atom. The van der Waals surface area contributed by atoms with Crippen molar-refractivity contribution in [3.8, 4) is 0 Å². The second-order valence-electron chi connectivity index (χ2n) is 18.9. The van der Waals surface area contributed by atoms with Crippen LogP contribution >= 0.6 is 11.6 Å². The number of imide groups is 1. The predicted octanol–water partition coefficient (Wildman–Crippen LogP) is 6.19. The molecule has 6 aliphatic rings. The van der Waals surface area contributed by atoms with E-state index >= 15 is 8.78 Å². The van der Waals surface area contributed by atoms with Crippen molar-refractivity contribution in [1.29, 1.82) is 0 Å². The lowest BCUT2D eigenvalue weighted by Gasteiger charge is -2.47. The van der Waals surface area contributed by atoms with E-state index in [9.17, 15) is 23.6 Å². The highest BCUT2D eigenvalue weighted by Crippen LogP contribution is 2.41. The minimum Gasteiger partial charge on any atom is -0.385 e. The summed E-state index contributed by atoms with van der Waals surface area (Å²) in [6, 6.07) is 9.41. The summed E-state index contributed by atoms with van der Waals surface area (Å²) in [7, 11) is 1.77. The summed E-state index contributed by atoms with van der Waals surface area (Å²) in [6.45, 7) is 5.73. The number of likely N-dealkylation sites (tertiary alicyclic amines) is 3. The molecule has 5 fully saturated rings. The molecule has 1 saturated carbocycles. The largest absolute Gasteiger partial charge is 0.385 e. The van der Waals surface area contributed by atoms with Gasteiger partial charge in [-0.1, -0.05) is 23.7 Å². The first-order valence-corrected chi connectivity index (χ1v) is 23.6. The van der Waals surface area contributed by atoms with E-state index in [2.05, 4.69) is 25.8 Å². The van der Waals surface area contributed by atoms with Gasteiger partial charge in [-0.3, -0.25) is 34.4 Å². The molecule has 10 rings (SSSR count). The van der Waals surface area contributed by atoms with E-state index in [1.807, 2.05) is 39.0 Å². The summed E-state index contributed by atoms with van der Waals surface area (Å²) in [5, 5.41) is 13.4. The van der Waals surface area contributed by atoms with Gasteiger partial charge in [-0.2, -0.15) is 0 Å². The van der Waals surface area contributed by atoms with E-state index in [0.29, 0.717) is 116 Å². The van der Waals surface area contributed by atoms with E-state index in [1.54, 1.807) is 26.1 Å². The zero-order valence-electron chi connectivity index (χ0n) is 37.2. The number of imidazole rings is 1. The normalized spacial score (nSPS) is 24.2. The number of halogens is 4. The van der Waals surface area contributed by atoms with Crippen LogP contribution in [-0.2, 0) is 17.8 Å². The molecule has 2 unspecified atom stereocenters. The SMILES string of the molecule is CNc1cc(N2CCc3c(CN4CCC(N5CCC(C6CCN(C(=O)c7cc(C)c(Cl)c(N8CCC(=O)NC8=O)c7)CC6)CC5)C(F)(F)C4)cccc32)nn2c(C(=O)NC3C[C@@H]3F)cnc12. The maximum Gasteiger partial charge on any atom is 0.328 e. The maximum absolute atomic E-state index is 16.2. The fourth-order valence-corrected chi connectivity index (χ4v) is 11.2. The van der Waals surface area contributed by atoms with Crippen molar-refractivity contribution >= 4 is 63.9 Å². The zero-order chi connectivity index (χ0) is 46.0. The molecule has 0 spiro atoms. The molecule has 5 aliphatic heterocycles. The van der Waals surface area contributed by atoms with Gasteiger partial charge >= 0.3 is 6.03 Å². The summed E-state index contributed by atoms with van der Waals surface area (Å²) < 4.78 is 47.5. The summed E-state index contributed by atoms with van der Waals surface area (Å²) in [4.78, 5) is 64.7. The second-order valence-corrected chi connectivity index (χ2v) is 19.2. The van der Waals surface area contributed by atoms with Gasteiger partial charge in [-0.25, -0.2) is 27.5 Å². The van der Waals surface area contributed by atoms with E-state index < -0.39 is 36.1 Å². The number of rotatable bonds is 10. The second kappa shape index (κ2) is 17.6. The number of nitrogens with zero attached hydrogens (tertiary/aromatic N) is 8. The van der Waals surface area contributed by atoms with Crippen LogP contribution in [0, 0.1) is 18.8 Å². The van der Waals surface area contributed by atoms with E-state index in [0.717, 1.165) is 42.5 Å². The molecule has 350 valence electrons. The van der Waals surface area contributed by atoms with Gasteiger partial charge in [0.25, 0.3) is 17.7 Å². The highest BCUT2D eigenvalue weighted by atomic mass is 35.5. The number of fused-ring (bicyclic) bond motifs is 2. The van der Waals surface area contributed by atoms with Gasteiger partial charge in [0.2, 0.25) is 5.91 Å². The molecule has 3 atom stereocenters. The molecule has 2 aromatic carbocycles. The fraction of sp³-hybridized carbons (Fsp3) is 0.532. The number of carbonyl (C=O) groups is 4. The topological polar surface area (TPSA) is 151 Å². The van der Waals surface area contributed by atoms with Crippen molar-refractivity contribution in [3.63, 3.8) is 0 Å². The number of carbonyl (C=O) groups excluding carboxylic acids is 4. The van der Waals surface area contributed by atoms with Crippen LogP contribution in [0.4, 0.5) is 40.8 Å². The molecular formula is C47H55ClF3N11O4. The van der Waals surface area contributed by atoms with Crippen molar-refractivity contribution < 1.29 is 32.3 Å². The molecule has 4 saturated heterocycles. The minimum absolute atomic E-state index is 0.125. The van der Waals surface area contributed by atoms with Gasteiger partial charge in [0.05, 0.1) is 41.2 Å². The van der Waals surface area contributed by atoms with Crippen molar-refractivity contribution in [1.82, 2.24) is 39.9 Å². The molecule has 5 amide bonds. The lowest BCUT2D eigenvalue weighted by Crippen LogP contribution is -2.59. The Kier molecular flexibility index (Phi) is 11.9. The van der Waals surface area contributed by atoms with Crippen LogP contribution in [0.3, 0.4) is 0 Å². The van der Waals surface area contributed by atoms with Crippen molar-refractivity contribution in [2.45, 2.75) is 89.0 Å². The first-order valence-electron chi connectivity index (χ1n) is 23.2. The number of alkyl halides is 3. The molecule has 7 heterocycles. The molecular weight excluding hydrogens is 875 g/mol. The highest BCUT2D eigenvalue weighted by Gasteiger charge is 2.48. The number of anilines is 4. The standard InChI is InChI=1S/C47H55ClF3N11O4/c1-27-20-31(21-37(42(27)48)61-19-12-41(63)55-46(61)66)45(65)59-16-8-29(9-17-59)28-6-14-58(15-7-28)39-11-13-57(26-47(39,50)51)25-30-4-3-5-36-32(30)10-18-60(36)40-23-35(52-2)43-53-24-38(62(43)56-40)44(64)54-34-22-33(34)49/h3-5,20-21,23-24,28-29,33-34,39,52H,6-19,22,25-26H2,1-2H3,(H,54,64)(H,55,63,66)/t33-,34?,39?/m0/s1. The van der Waals surface area contributed by atoms with Gasteiger partial charge in [0.1, 0.15) is 6.17 Å². The Hall–Kier alpha value is -5.46. The third-order valence-electron chi connectivity index (χ3n) is 14.8. The van der Waals surface area contributed by atoms with Crippen molar-refractivity contribution in [2.75, 3.05) is 74.5 Å². The molecule has 0 radical (unpaired) electrons. The Morgan fingerprint density at radius 3 is 2.35 bits per heavy atom. The summed E-state index contributed by atoms with van der Waals surface area (Å²) in [5.41, 5.74) is 5.95. The lowest BCUT2D eigenvalue weighted by molar-refractivity contribution is -0.135. The monoisotopic (exact) mass is 929 g/mol. The number of amides is 5. The minimum atomic E-state index is -2.88. The van der Waals surface area contributed by atoms with Crippen LogP contribution in [0.15, 0.2) is 42.6 Å². The first kappa shape index (κ1) is 44.4. The number of benzene rings is 2. The average molecular weight is 930 g/mol. The van der Waals surface area contributed by atoms with Gasteiger partial charge < -0.3 is 20.4 Å². The van der Waals surface area contributed by atoms with Gasteiger partial charge in [0.15, 0.2) is 17.2 Å². The van der Waals surface area contributed by atoms with Gasteiger partial charge in [0, 0.05) is 76.5 Å². The molecule has 2 aromatic heterocycles. The number of hydrogen-bond donors (Lipinski definition) is 3. The number of aryl methyl sites for hydroxylation is 1. The van der Waals surface area contributed by atoms with Gasteiger partial charge in [-0.05, 0) is 105 Å². The first-order chi connectivity index (χ1) is 31.8. The molecule has 3 N–H and O–H groups in total. The Labute approximate surface area is 386 Å². The lowest BCUT2D eigenvalue weighted by atomic mass is 9.78. The Balaban J connectivity index is 0.730. The number of hydrogen-bond acceptors (Lipinski definition) is 10. The van der Waals surface area contributed by atoms with E-state index in [4.69, 9.17) is 16.7 Å². The highest BCUT2D eigenvalue weighted by molar-refractivity contribution is 6.35. The maximum atomic E-state index is 16.2. The third kappa shape index (κ3) is 8.44. The zero-order valence-corrected chi connectivity index (χ0v) is 37.9. The number of aromatic nitrogens is 3. The van der Waals surface area contributed by atoms with Gasteiger partial charge in [-0.15, -0.1) is 5.10 Å². The van der Waals surface area contributed by atoms with E-state index in [-0.39, 0.29) is 37.0 Å². The van der Waals surface area contributed by atoms with Crippen molar-refractivity contribution in [2.24, 2.45) is 11.8 Å². The molecule has 0 bridgehead atoms. The van der Waals surface area contributed by atoms with Crippen LogP contribution in [0.1, 0.15) is 82.5 Å². The summed E-state index contributed by atoms with van der Waals surface area (Å²) in [6.07, 6.45) is 5.35. The van der Waals surface area contributed by atoms with E-state index in [1.165, 1.54) is 15.6 Å². The van der Waals surface area contributed by atoms with Crippen LogP contribution in [-0.4, -0.2) is 137 Å². The number of nitrogens with one attached hydrogen (secondary N) is 3. The van der Waals surface area contributed by atoms with Crippen LogP contribution in [0.2, 0.25) is 5.02 Å². The van der Waals surface area contributed by atoms with Crippen molar-refractivity contribution in [3.05, 3.63) is 75.6 Å². The number of urea groups is 1. The third-order valence-corrected chi connectivity index (χ3v) is 15.2. The summed E-state index contributed by atoms with van der Waals surface area (Å²) >= 11 is 6.58. The molecule has 1 aliphatic carbocycles. The summed E-state index contributed by atoms with van der Waals surface area (Å²) in [5.74, 6) is -2.35. The molecule has 19 heteroatoms. The predicted molar refractivity (Wildman–Crippen MR) is 244 cm³/mol. The molecule has 15 nitrogen and oxygen atoms in total. The van der Waals surface area contributed by atoms with Crippen LogP contribution in [0.5, 0.6) is 0 Å². The van der Waals surface area contributed by atoms with Crippen LogP contribution in [0.25, 0.3) is 5.65 Å². The molecule has 4 aromatic rings. The van der Waals surface area contributed by atoms with Crippen LogP contribution < -0.4 is 25.8 Å². The Morgan fingerprint density at radius 1 is 0.924 bits per heavy atom. The smallest absolute Gasteiger partial charge is 0.328 e. The average Bonchev–Trinajstić information content (AvgIpc) is 3.62. The fourth-order valence-electron chi connectivity index (χ4n) is 11.0. The number of piperidine rings is 3. The Bertz CT molecular complexity index is 2580.